The molecule has 1 radical (unpaired) electrons. The molecule has 1 heterocycles. The molecule has 0 spiro atoms. The van der Waals surface area contributed by atoms with Crippen molar-refractivity contribution >= 4 is 12.4 Å². The maximum absolute atomic E-state index is 9.92. The zero-order chi connectivity index (χ0) is 14.8. The van der Waals surface area contributed by atoms with E-state index in [-0.39, 0.29) is 0 Å². The van der Waals surface area contributed by atoms with Gasteiger partial charge in [-0.1, -0.05) is 36.4 Å². The number of fused-ring (bicyclic) bond motifs is 1. The van der Waals surface area contributed by atoms with E-state index in [4.69, 9.17) is 9.47 Å². The Morgan fingerprint density at radius 3 is 2.71 bits per heavy atom. The number of rotatable bonds is 8. The first-order valence-electron chi connectivity index (χ1n) is 7.15. The van der Waals surface area contributed by atoms with Gasteiger partial charge in [0.15, 0.2) is 11.5 Å². The summed E-state index contributed by atoms with van der Waals surface area (Å²) in [4.78, 5) is 9.92. The Hall–Kier alpha value is -2.29. The van der Waals surface area contributed by atoms with E-state index in [1.54, 1.807) is 12.4 Å². The van der Waals surface area contributed by atoms with Crippen LogP contribution in [-0.4, -0.2) is 13.1 Å². The van der Waals surface area contributed by atoms with Crippen LogP contribution in [0.1, 0.15) is 31.2 Å². The molecule has 3 nitrogen and oxygen atoms in total. The summed E-state index contributed by atoms with van der Waals surface area (Å²) in [5.41, 5.74) is 1.13. The van der Waals surface area contributed by atoms with Crippen molar-refractivity contribution in [2.45, 2.75) is 25.7 Å². The molecule has 2 rings (SSSR count). The number of unbranched alkanes of at least 4 members (excludes halogenated alkanes) is 3. The highest BCUT2D eigenvalue weighted by Gasteiger charge is 2.11. The van der Waals surface area contributed by atoms with Crippen molar-refractivity contribution in [2.75, 3.05) is 6.79 Å². The van der Waals surface area contributed by atoms with Crippen molar-refractivity contribution in [1.82, 2.24) is 0 Å². The van der Waals surface area contributed by atoms with Gasteiger partial charge in [-0.25, -0.2) is 0 Å². The summed E-state index contributed by atoms with van der Waals surface area (Å²) in [6.07, 6.45) is 17.4. The van der Waals surface area contributed by atoms with E-state index in [2.05, 4.69) is 18.2 Å². The van der Waals surface area contributed by atoms with Gasteiger partial charge in [-0.15, -0.1) is 0 Å². The van der Waals surface area contributed by atoms with Gasteiger partial charge in [0, 0.05) is 0 Å². The van der Waals surface area contributed by atoms with E-state index in [0.717, 1.165) is 42.7 Å². The van der Waals surface area contributed by atoms with Crippen molar-refractivity contribution in [3.63, 3.8) is 0 Å². The van der Waals surface area contributed by atoms with Crippen LogP contribution in [0.4, 0.5) is 0 Å². The lowest BCUT2D eigenvalue weighted by Crippen LogP contribution is -1.92. The third-order valence-corrected chi connectivity index (χ3v) is 3.11. The number of hydrogen-bond donors (Lipinski definition) is 0. The van der Waals surface area contributed by atoms with Crippen LogP contribution in [0.3, 0.4) is 0 Å². The minimum absolute atomic E-state index is 0.316. The molecule has 1 aliphatic rings. The average molecular weight is 283 g/mol. The molecule has 21 heavy (non-hydrogen) atoms. The number of benzene rings is 1. The standard InChI is InChI=1S/C18H19O3/c19-13-9-7-5-3-1-2-4-6-8-10-16-11-12-17-18(14-16)21-15-20-17/h3,5,7-12,14H,1-2,4,6,15H2. The molecule has 0 unspecified atom stereocenters. The van der Waals surface area contributed by atoms with Gasteiger partial charge in [0.25, 0.3) is 0 Å². The minimum atomic E-state index is 0.316. The number of ether oxygens (including phenoxy) is 2. The van der Waals surface area contributed by atoms with Crippen molar-refractivity contribution in [3.05, 3.63) is 54.1 Å². The zero-order valence-corrected chi connectivity index (χ0v) is 12.0. The van der Waals surface area contributed by atoms with Crippen molar-refractivity contribution < 1.29 is 14.3 Å². The lowest BCUT2D eigenvalue weighted by Gasteiger charge is -1.98. The summed E-state index contributed by atoms with van der Waals surface area (Å²) in [7, 11) is 0. The maximum atomic E-state index is 9.92. The van der Waals surface area contributed by atoms with Crippen LogP contribution in [-0.2, 0) is 4.79 Å². The molecule has 1 aliphatic heterocycles. The highest BCUT2D eigenvalue weighted by atomic mass is 16.7. The van der Waals surface area contributed by atoms with Crippen molar-refractivity contribution in [1.29, 1.82) is 0 Å². The van der Waals surface area contributed by atoms with Crippen molar-refractivity contribution in [3.8, 4) is 11.5 Å². The summed E-state index contributed by atoms with van der Waals surface area (Å²) < 4.78 is 10.6. The highest BCUT2D eigenvalue weighted by molar-refractivity contribution is 5.66. The molecule has 0 saturated heterocycles. The Bertz CT molecular complexity index is 541. The molecule has 3 heteroatoms. The smallest absolute Gasteiger partial charge is 0.231 e. The van der Waals surface area contributed by atoms with E-state index >= 15 is 0 Å². The van der Waals surface area contributed by atoms with Gasteiger partial charge in [-0.3, -0.25) is 4.79 Å². The fourth-order valence-electron chi connectivity index (χ4n) is 2.03. The molecule has 0 bridgehead atoms. The molecule has 0 amide bonds. The van der Waals surface area contributed by atoms with Crippen LogP contribution in [0.15, 0.2) is 48.6 Å². The summed E-state index contributed by atoms with van der Waals surface area (Å²) in [6, 6.07) is 5.97. The molecule has 0 aromatic heterocycles. The summed E-state index contributed by atoms with van der Waals surface area (Å²) >= 11 is 0. The predicted molar refractivity (Wildman–Crippen MR) is 84.0 cm³/mol. The number of allylic oxidation sites excluding steroid dienone is 5. The SMILES string of the molecule is O=[C]C=CC=CCCCCC=Cc1ccc2c(c1)OCO2. The first kappa shape index (κ1) is 15.1. The van der Waals surface area contributed by atoms with Crippen LogP contribution in [0.2, 0.25) is 0 Å². The maximum Gasteiger partial charge on any atom is 0.231 e. The van der Waals surface area contributed by atoms with Gasteiger partial charge in [0.1, 0.15) is 0 Å². The van der Waals surface area contributed by atoms with E-state index in [0.29, 0.717) is 6.79 Å². The Morgan fingerprint density at radius 2 is 1.86 bits per heavy atom. The van der Waals surface area contributed by atoms with E-state index < -0.39 is 0 Å². The van der Waals surface area contributed by atoms with Gasteiger partial charge in [-0.05, 0) is 49.5 Å². The number of hydrogen-bond acceptors (Lipinski definition) is 3. The summed E-state index contributed by atoms with van der Waals surface area (Å²) in [5, 5.41) is 0. The number of carbonyl (C=O) groups excluding carboxylic acids is 1. The first-order valence-corrected chi connectivity index (χ1v) is 7.15. The Kier molecular flexibility index (Phi) is 6.33. The molecular formula is C18H19O3. The quantitative estimate of drug-likeness (QED) is 0.407. The Balaban J connectivity index is 1.63. The molecule has 1 aromatic rings. The van der Waals surface area contributed by atoms with Crippen LogP contribution in [0, 0.1) is 0 Å². The largest absolute Gasteiger partial charge is 0.454 e. The van der Waals surface area contributed by atoms with Gasteiger partial charge in [0.05, 0.1) is 0 Å². The lowest BCUT2D eigenvalue weighted by molar-refractivity contribution is 0.174. The molecule has 0 atom stereocenters. The first-order chi connectivity index (χ1) is 10.4. The normalized spacial score (nSPS) is 13.7. The van der Waals surface area contributed by atoms with Crippen LogP contribution >= 0.6 is 0 Å². The van der Waals surface area contributed by atoms with Gasteiger partial charge >= 0.3 is 0 Å². The molecule has 109 valence electrons. The fourth-order valence-corrected chi connectivity index (χ4v) is 2.03. The second-order valence-electron chi connectivity index (χ2n) is 4.70. The van der Waals surface area contributed by atoms with E-state index in [1.165, 1.54) is 6.08 Å². The zero-order valence-electron chi connectivity index (χ0n) is 12.0. The fraction of sp³-hybridized carbons (Fsp3) is 0.278. The third kappa shape index (κ3) is 5.30. The van der Waals surface area contributed by atoms with Gasteiger partial charge in [0.2, 0.25) is 13.1 Å². The Labute approximate surface area is 125 Å². The van der Waals surface area contributed by atoms with E-state index in [1.807, 2.05) is 24.3 Å². The second kappa shape index (κ2) is 8.80. The van der Waals surface area contributed by atoms with Crippen LogP contribution in [0.5, 0.6) is 11.5 Å². The van der Waals surface area contributed by atoms with Gasteiger partial charge in [-0.2, -0.15) is 0 Å². The predicted octanol–water partition coefficient (Wildman–Crippen LogP) is 4.21. The molecule has 0 N–H and O–H groups in total. The van der Waals surface area contributed by atoms with E-state index in [9.17, 15) is 4.79 Å². The topological polar surface area (TPSA) is 35.5 Å². The van der Waals surface area contributed by atoms with Crippen LogP contribution in [0.25, 0.3) is 6.08 Å². The molecule has 1 aromatic carbocycles. The summed E-state index contributed by atoms with van der Waals surface area (Å²) in [6.45, 7) is 0.316. The highest BCUT2D eigenvalue weighted by Crippen LogP contribution is 2.32. The molecular weight excluding hydrogens is 264 g/mol. The van der Waals surface area contributed by atoms with Gasteiger partial charge < -0.3 is 9.47 Å². The average Bonchev–Trinajstić information content (AvgIpc) is 2.97. The monoisotopic (exact) mass is 283 g/mol. The van der Waals surface area contributed by atoms with Crippen molar-refractivity contribution in [2.24, 2.45) is 0 Å². The minimum Gasteiger partial charge on any atom is -0.454 e. The third-order valence-electron chi connectivity index (χ3n) is 3.11. The second-order valence-corrected chi connectivity index (χ2v) is 4.70. The molecule has 0 aliphatic carbocycles. The lowest BCUT2D eigenvalue weighted by atomic mass is 10.1. The molecule has 0 saturated carbocycles. The Morgan fingerprint density at radius 1 is 1.05 bits per heavy atom. The van der Waals surface area contributed by atoms with Crippen LogP contribution < -0.4 is 9.47 Å². The molecule has 0 fully saturated rings. The summed E-state index contributed by atoms with van der Waals surface area (Å²) in [5.74, 6) is 1.64.